The van der Waals surface area contributed by atoms with E-state index in [0.717, 1.165) is 17.0 Å². The average molecular weight is 152 g/mol. The van der Waals surface area contributed by atoms with E-state index in [1.54, 1.807) is 0 Å². The molecular formula is C8H12N2O. The molecule has 0 spiro atoms. The highest BCUT2D eigenvalue weighted by Gasteiger charge is 1.95. The highest BCUT2D eigenvalue weighted by atomic mass is 16.5. The van der Waals surface area contributed by atoms with Crippen molar-refractivity contribution in [1.29, 1.82) is 0 Å². The third kappa shape index (κ3) is 2.20. The van der Waals surface area contributed by atoms with E-state index in [9.17, 15) is 0 Å². The summed E-state index contributed by atoms with van der Waals surface area (Å²) in [5.74, 6) is 0.769. The fraction of sp³-hybridized carbons (Fsp3) is 0.375. The van der Waals surface area contributed by atoms with Gasteiger partial charge in [-0.2, -0.15) is 0 Å². The number of aromatic nitrogens is 1. The maximum atomic E-state index is 5.40. The number of aryl methyl sites for hydroxylation is 1. The molecule has 11 heavy (non-hydrogen) atoms. The first-order valence-electron chi connectivity index (χ1n) is 3.53. The number of hydrogen-bond acceptors (Lipinski definition) is 3. The van der Waals surface area contributed by atoms with Crippen LogP contribution in [0.1, 0.15) is 18.4 Å². The molecule has 1 heterocycles. The minimum Gasteiger partial charge on any atom is -0.357 e. The largest absolute Gasteiger partial charge is 0.357 e. The lowest BCUT2D eigenvalue weighted by molar-refractivity contribution is 0.408. The topological polar surface area (TPSA) is 52.0 Å². The zero-order valence-corrected chi connectivity index (χ0v) is 6.79. The van der Waals surface area contributed by atoms with E-state index in [-0.39, 0.29) is 0 Å². The Morgan fingerprint density at radius 2 is 2.55 bits per heavy atom. The number of nitrogens with two attached hydrogens (primary N) is 1. The third-order valence-electron chi connectivity index (χ3n) is 1.36. The van der Waals surface area contributed by atoms with Crippen molar-refractivity contribution < 1.29 is 4.52 Å². The summed E-state index contributed by atoms with van der Waals surface area (Å²) in [6.45, 7) is 4.40. The molecule has 0 atom stereocenters. The fourth-order valence-electron chi connectivity index (χ4n) is 0.753. The van der Waals surface area contributed by atoms with Crippen molar-refractivity contribution in [2.24, 2.45) is 5.73 Å². The van der Waals surface area contributed by atoms with Gasteiger partial charge in [-0.15, -0.1) is 0 Å². The van der Waals surface area contributed by atoms with Crippen molar-refractivity contribution in [2.75, 3.05) is 6.54 Å². The van der Waals surface area contributed by atoms with E-state index in [1.807, 2.05) is 26.0 Å². The lowest BCUT2D eigenvalue weighted by Crippen LogP contribution is -1.98. The molecule has 1 aromatic rings. The molecule has 0 aromatic carbocycles. The van der Waals surface area contributed by atoms with Gasteiger partial charge in [-0.3, -0.25) is 0 Å². The van der Waals surface area contributed by atoms with Gasteiger partial charge in [-0.05, 0) is 19.9 Å². The molecule has 0 saturated heterocycles. The molecule has 0 unspecified atom stereocenters. The van der Waals surface area contributed by atoms with Crippen molar-refractivity contribution in [3.63, 3.8) is 0 Å². The summed E-state index contributed by atoms with van der Waals surface area (Å²) in [5, 5.41) is 3.74. The predicted molar refractivity (Wildman–Crippen MR) is 43.9 cm³/mol. The summed E-state index contributed by atoms with van der Waals surface area (Å²) in [5.41, 5.74) is 7.37. The summed E-state index contributed by atoms with van der Waals surface area (Å²) < 4.78 is 4.95. The summed E-state index contributed by atoms with van der Waals surface area (Å²) in [7, 11) is 0. The van der Waals surface area contributed by atoms with Crippen molar-refractivity contribution in [2.45, 2.75) is 13.8 Å². The zero-order chi connectivity index (χ0) is 8.27. The Morgan fingerprint density at radius 3 is 3.00 bits per heavy atom. The van der Waals surface area contributed by atoms with Crippen molar-refractivity contribution in [3.8, 4) is 0 Å². The number of rotatable bonds is 2. The van der Waals surface area contributed by atoms with Crippen LogP contribution in [0.2, 0.25) is 0 Å². The van der Waals surface area contributed by atoms with Gasteiger partial charge >= 0.3 is 0 Å². The van der Waals surface area contributed by atoms with Crippen molar-refractivity contribution in [3.05, 3.63) is 23.1 Å². The lowest BCUT2D eigenvalue weighted by Gasteiger charge is -1.89. The summed E-state index contributed by atoms with van der Waals surface area (Å²) in [4.78, 5) is 0. The van der Waals surface area contributed by atoms with E-state index in [4.69, 9.17) is 10.3 Å². The van der Waals surface area contributed by atoms with Crippen LogP contribution in [-0.4, -0.2) is 11.7 Å². The Balaban J connectivity index is 2.78. The average Bonchev–Trinajstić information content (AvgIpc) is 2.35. The monoisotopic (exact) mass is 152 g/mol. The molecule has 3 nitrogen and oxygen atoms in total. The van der Waals surface area contributed by atoms with Gasteiger partial charge in [0.2, 0.25) is 0 Å². The van der Waals surface area contributed by atoms with Gasteiger partial charge in [0.25, 0.3) is 0 Å². The first kappa shape index (κ1) is 8.01. The maximum Gasteiger partial charge on any atom is 0.159 e. The quantitative estimate of drug-likeness (QED) is 0.695. The van der Waals surface area contributed by atoms with Crippen LogP contribution in [-0.2, 0) is 0 Å². The van der Waals surface area contributed by atoms with E-state index in [1.165, 1.54) is 0 Å². The van der Waals surface area contributed by atoms with E-state index < -0.39 is 0 Å². The molecule has 0 radical (unpaired) electrons. The second-order valence-corrected chi connectivity index (χ2v) is 2.57. The van der Waals surface area contributed by atoms with Gasteiger partial charge in [0.1, 0.15) is 0 Å². The Labute approximate surface area is 65.9 Å². The lowest BCUT2D eigenvalue weighted by atomic mass is 10.2. The molecule has 1 aromatic heterocycles. The van der Waals surface area contributed by atoms with E-state index >= 15 is 0 Å². The minimum atomic E-state index is 0.555. The molecule has 0 aliphatic heterocycles. The van der Waals surface area contributed by atoms with Crippen LogP contribution < -0.4 is 5.73 Å². The third-order valence-corrected chi connectivity index (χ3v) is 1.36. The Morgan fingerprint density at radius 1 is 1.82 bits per heavy atom. The van der Waals surface area contributed by atoms with Crippen LogP contribution >= 0.6 is 0 Å². The minimum absolute atomic E-state index is 0.555. The highest BCUT2D eigenvalue weighted by molar-refractivity contribution is 5.46. The van der Waals surface area contributed by atoms with Gasteiger partial charge in [0.15, 0.2) is 5.76 Å². The molecular weight excluding hydrogens is 140 g/mol. The van der Waals surface area contributed by atoms with Gasteiger partial charge in [-0.25, -0.2) is 0 Å². The van der Waals surface area contributed by atoms with Crippen LogP contribution in [0.4, 0.5) is 0 Å². The van der Waals surface area contributed by atoms with Crippen LogP contribution in [0.15, 0.2) is 16.2 Å². The summed E-state index contributed by atoms with van der Waals surface area (Å²) in [6, 6.07) is 1.87. The first-order chi connectivity index (χ1) is 5.22. The SMILES string of the molecule is C/C(=C\c1cc(C)no1)CN. The molecule has 1 rings (SSSR count). The molecule has 0 fully saturated rings. The molecule has 3 heteroatoms. The maximum absolute atomic E-state index is 5.40. The summed E-state index contributed by atoms with van der Waals surface area (Å²) >= 11 is 0. The van der Waals surface area contributed by atoms with Gasteiger partial charge in [0.05, 0.1) is 5.69 Å². The number of hydrogen-bond donors (Lipinski definition) is 1. The molecule has 2 N–H and O–H groups in total. The predicted octanol–water partition coefficient (Wildman–Crippen LogP) is 1.35. The van der Waals surface area contributed by atoms with Crippen LogP contribution in [0.5, 0.6) is 0 Å². The molecule has 0 bridgehead atoms. The Hall–Kier alpha value is -1.09. The zero-order valence-electron chi connectivity index (χ0n) is 6.79. The fourth-order valence-corrected chi connectivity index (χ4v) is 0.753. The molecule has 0 amide bonds. The Bertz CT molecular complexity index is 263. The normalized spacial score (nSPS) is 12.1. The Kier molecular flexibility index (Phi) is 2.44. The second kappa shape index (κ2) is 3.34. The molecule has 60 valence electrons. The molecule has 0 aliphatic carbocycles. The van der Waals surface area contributed by atoms with Crippen LogP contribution in [0.3, 0.4) is 0 Å². The smallest absolute Gasteiger partial charge is 0.159 e. The number of nitrogens with zero attached hydrogens (tertiary/aromatic N) is 1. The van der Waals surface area contributed by atoms with Crippen molar-refractivity contribution in [1.82, 2.24) is 5.16 Å². The highest BCUT2D eigenvalue weighted by Crippen LogP contribution is 2.06. The van der Waals surface area contributed by atoms with E-state index in [2.05, 4.69) is 5.16 Å². The van der Waals surface area contributed by atoms with E-state index in [0.29, 0.717) is 6.54 Å². The van der Waals surface area contributed by atoms with Gasteiger partial charge in [0, 0.05) is 12.6 Å². The van der Waals surface area contributed by atoms with Crippen LogP contribution in [0, 0.1) is 6.92 Å². The van der Waals surface area contributed by atoms with Crippen molar-refractivity contribution >= 4 is 6.08 Å². The standard InChI is InChI=1S/C8H12N2O/c1-6(5-9)3-8-4-7(2)10-11-8/h3-4H,5,9H2,1-2H3/b6-3+. The van der Waals surface area contributed by atoms with Gasteiger partial charge in [-0.1, -0.05) is 10.7 Å². The van der Waals surface area contributed by atoms with Gasteiger partial charge < -0.3 is 10.3 Å². The summed E-state index contributed by atoms with van der Waals surface area (Å²) in [6.07, 6.45) is 1.89. The van der Waals surface area contributed by atoms with Crippen LogP contribution in [0.25, 0.3) is 6.08 Å². The molecule has 0 saturated carbocycles. The second-order valence-electron chi connectivity index (χ2n) is 2.57. The first-order valence-corrected chi connectivity index (χ1v) is 3.53. The molecule has 0 aliphatic rings.